The molecule has 2 heterocycles. The SMILES string of the molecule is O=C(CO)N1C[C@H]2CC(c3ccc(CCCOc4c(F)ccc(F)c4F)cc3)=C(C(=O)N(Cc3ccccc3Cl)C3CC3)[C@@H](C1)N2. The van der Waals surface area contributed by atoms with Crippen molar-refractivity contribution >= 4 is 29.0 Å². The highest BCUT2D eigenvalue weighted by Gasteiger charge is 2.43. The van der Waals surface area contributed by atoms with Crippen LogP contribution in [0.3, 0.4) is 0 Å². The largest absolute Gasteiger partial charge is 0.488 e. The number of hydrogen-bond acceptors (Lipinski definition) is 5. The van der Waals surface area contributed by atoms with Crippen molar-refractivity contribution in [3.63, 3.8) is 0 Å². The van der Waals surface area contributed by atoms with Crippen molar-refractivity contribution in [2.45, 2.75) is 56.8 Å². The minimum absolute atomic E-state index is 0.00334. The average Bonchev–Trinajstić information content (AvgIpc) is 3.90. The standard InChI is InChI=1S/C35H35ClF3N3O4/c36-27-6-2-1-5-23(27)17-42(25-11-12-25)35(45)32-26(16-24-18-41(31(44)20-43)19-30(32)40-24)22-9-7-21(8-10-22)4-3-15-46-34-29(38)14-13-28(37)33(34)39/h1-2,5-10,13-14,24-25,30,40,43H,3-4,11-12,15-20H2/t24-,30-/m1/s1. The van der Waals surface area contributed by atoms with E-state index in [0.717, 1.165) is 47.2 Å². The lowest BCUT2D eigenvalue weighted by atomic mass is 9.82. The van der Waals surface area contributed by atoms with Crippen molar-refractivity contribution in [1.29, 1.82) is 0 Å². The number of aliphatic hydroxyl groups excluding tert-OH is 1. The number of piperazine rings is 1. The molecule has 3 aromatic carbocycles. The maximum Gasteiger partial charge on any atom is 0.252 e. The van der Waals surface area contributed by atoms with E-state index >= 15 is 0 Å². The zero-order valence-corrected chi connectivity index (χ0v) is 25.9. The molecule has 1 saturated carbocycles. The third kappa shape index (κ3) is 6.94. The van der Waals surface area contributed by atoms with E-state index in [-0.39, 0.29) is 37.0 Å². The van der Waals surface area contributed by atoms with Crippen molar-refractivity contribution in [3.8, 4) is 5.75 Å². The van der Waals surface area contributed by atoms with E-state index in [2.05, 4.69) is 5.32 Å². The van der Waals surface area contributed by atoms with E-state index < -0.39 is 35.8 Å². The van der Waals surface area contributed by atoms with E-state index in [0.29, 0.717) is 42.9 Å². The summed E-state index contributed by atoms with van der Waals surface area (Å²) in [4.78, 5) is 30.5. The summed E-state index contributed by atoms with van der Waals surface area (Å²) >= 11 is 6.49. The van der Waals surface area contributed by atoms with E-state index in [4.69, 9.17) is 16.3 Å². The van der Waals surface area contributed by atoms with Gasteiger partial charge in [-0.25, -0.2) is 8.78 Å². The number of nitrogens with zero attached hydrogens (tertiary/aromatic N) is 2. The van der Waals surface area contributed by atoms with E-state index in [1.165, 1.54) is 0 Å². The Balaban J connectivity index is 1.23. The number of hydrogen-bond donors (Lipinski definition) is 2. The molecule has 0 aromatic heterocycles. The second-order valence-corrected chi connectivity index (χ2v) is 12.5. The van der Waals surface area contributed by atoms with Crippen LogP contribution in [0.15, 0.2) is 66.2 Å². The normalized spacial score (nSPS) is 19.3. The first-order valence-electron chi connectivity index (χ1n) is 15.5. The van der Waals surface area contributed by atoms with Gasteiger partial charge in [0.1, 0.15) is 6.61 Å². The quantitative estimate of drug-likeness (QED) is 0.218. The number of carbonyl (C=O) groups is 2. The van der Waals surface area contributed by atoms with Crippen LogP contribution in [-0.2, 0) is 22.6 Å². The van der Waals surface area contributed by atoms with Crippen molar-refractivity contribution < 1.29 is 32.6 Å². The van der Waals surface area contributed by atoms with E-state index in [1.807, 2.05) is 53.4 Å². The van der Waals surface area contributed by atoms with Gasteiger partial charge < -0.3 is 25.0 Å². The highest BCUT2D eigenvalue weighted by molar-refractivity contribution is 6.31. The predicted molar refractivity (Wildman–Crippen MR) is 168 cm³/mol. The van der Waals surface area contributed by atoms with Gasteiger partial charge in [-0.3, -0.25) is 9.59 Å². The van der Waals surface area contributed by atoms with Crippen LogP contribution in [0.25, 0.3) is 5.57 Å². The van der Waals surface area contributed by atoms with Crippen molar-refractivity contribution in [3.05, 3.63) is 105 Å². The number of fused-ring (bicyclic) bond motifs is 2. The molecule has 46 heavy (non-hydrogen) atoms. The van der Waals surface area contributed by atoms with Crippen LogP contribution in [0.5, 0.6) is 5.75 Å². The Morgan fingerprint density at radius 2 is 1.74 bits per heavy atom. The summed E-state index contributed by atoms with van der Waals surface area (Å²) in [5, 5.41) is 13.7. The molecular formula is C35H35ClF3N3O4. The van der Waals surface area contributed by atoms with Gasteiger partial charge in [-0.1, -0.05) is 54.1 Å². The second-order valence-electron chi connectivity index (χ2n) is 12.0. The van der Waals surface area contributed by atoms with Crippen LogP contribution in [0, 0.1) is 17.5 Å². The number of rotatable bonds is 11. The zero-order valence-electron chi connectivity index (χ0n) is 25.2. The maximum atomic E-state index is 14.5. The Morgan fingerprint density at radius 3 is 2.46 bits per heavy atom. The van der Waals surface area contributed by atoms with Gasteiger partial charge in [-0.2, -0.15) is 4.39 Å². The van der Waals surface area contributed by atoms with Crippen LogP contribution in [-0.4, -0.2) is 71.1 Å². The number of amides is 2. The van der Waals surface area contributed by atoms with Crippen LogP contribution in [0.1, 0.15) is 42.4 Å². The number of ether oxygens (including phenoxy) is 1. The summed E-state index contributed by atoms with van der Waals surface area (Å²) in [6.07, 6.45) is 3.34. The van der Waals surface area contributed by atoms with Gasteiger partial charge in [-0.15, -0.1) is 0 Å². The molecule has 0 radical (unpaired) electrons. The summed E-state index contributed by atoms with van der Waals surface area (Å²) < 4.78 is 46.4. The van der Waals surface area contributed by atoms with Crippen LogP contribution >= 0.6 is 11.6 Å². The fourth-order valence-electron chi connectivity index (χ4n) is 6.35. The molecule has 0 spiro atoms. The second kappa shape index (κ2) is 13.9. The van der Waals surface area contributed by atoms with Crippen molar-refractivity contribution in [2.75, 3.05) is 26.3 Å². The molecular weight excluding hydrogens is 619 g/mol. The summed E-state index contributed by atoms with van der Waals surface area (Å²) in [7, 11) is 0. The van der Waals surface area contributed by atoms with Crippen LogP contribution in [0.4, 0.5) is 13.2 Å². The van der Waals surface area contributed by atoms with Crippen molar-refractivity contribution in [1.82, 2.24) is 15.1 Å². The van der Waals surface area contributed by atoms with Gasteiger partial charge >= 0.3 is 0 Å². The fraction of sp³-hybridized carbons (Fsp3) is 0.371. The van der Waals surface area contributed by atoms with Gasteiger partial charge in [-0.05, 0) is 72.6 Å². The number of nitrogens with one attached hydrogen (secondary N) is 1. The Morgan fingerprint density at radius 1 is 1.00 bits per heavy atom. The molecule has 3 aromatic rings. The molecule has 2 atom stereocenters. The highest BCUT2D eigenvalue weighted by atomic mass is 35.5. The molecule has 6 rings (SSSR count). The van der Waals surface area contributed by atoms with Gasteiger partial charge in [0.05, 0.1) is 12.6 Å². The molecule has 0 unspecified atom stereocenters. The molecule has 2 amide bonds. The summed E-state index contributed by atoms with van der Waals surface area (Å²) in [5.74, 6) is -4.64. The molecule has 3 aliphatic rings. The first-order chi connectivity index (χ1) is 22.2. The summed E-state index contributed by atoms with van der Waals surface area (Å²) in [6.45, 7) is 0.495. The minimum atomic E-state index is -1.34. The number of halogens is 4. The molecule has 2 aliphatic heterocycles. The molecule has 2 fully saturated rings. The molecule has 1 aliphatic carbocycles. The molecule has 2 bridgehead atoms. The highest BCUT2D eigenvalue weighted by Crippen LogP contribution is 2.38. The van der Waals surface area contributed by atoms with Gasteiger partial charge in [0.25, 0.3) is 5.91 Å². The lowest BCUT2D eigenvalue weighted by Crippen LogP contribution is -2.62. The van der Waals surface area contributed by atoms with Crippen molar-refractivity contribution in [2.24, 2.45) is 0 Å². The van der Waals surface area contributed by atoms with Crippen LogP contribution in [0.2, 0.25) is 5.02 Å². The van der Waals surface area contributed by atoms with Crippen LogP contribution < -0.4 is 10.1 Å². The monoisotopic (exact) mass is 653 g/mol. The number of benzene rings is 3. The molecule has 2 N–H and O–H groups in total. The fourth-order valence-corrected chi connectivity index (χ4v) is 6.55. The summed E-state index contributed by atoms with van der Waals surface area (Å²) in [6, 6.07) is 16.5. The predicted octanol–water partition coefficient (Wildman–Crippen LogP) is 5.28. The number of aliphatic hydroxyl groups is 1. The lowest BCUT2D eigenvalue weighted by molar-refractivity contribution is -0.137. The Bertz CT molecular complexity index is 1650. The molecule has 11 heteroatoms. The Hall–Kier alpha value is -3.86. The molecule has 242 valence electrons. The first-order valence-corrected chi connectivity index (χ1v) is 15.9. The summed E-state index contributed by atoms with van der Waals surface area (Å²) in [5.41, 5.74) is 4.27. The Kier molecular flexibility index (Phi) is 9.67. The molecule has 1 saturated heterocycles. The number of aryl methyl sites for hydroxylation is 1. The van der Waals surface area contributed by atoms with E-state index in [1.54, 1.807) is 4.90 Å². The average molecular weight is 654 g/mol. The van der Waals surface area contributed by atoms with E-state index in [9.17, 15) is 27.9 Å². The topological polar surface area (TPSA) is 82.1 Å². The zero-order chi connectivity index (χ0) is 32.4. The third-order valence-corrected chi connectivity index (χ3v) is 9.20. The number of carbonyl (C=O) groups excluding carboxylic acids is 2. The minimum Gasteiger partial charge on any atom is -0.488 e. The third-order valence-electron chi connectivity index (χ3n) is 8.83. The van der Waals surface area contributed by atoms with Gasteiger partial charge in [0.2, 0.25) is 11.7 Å². The van der Waals surface area contributed by atoms with Gasteiger partial charge in [0, 0.05) is 42.3 Å². The first kappa shape index (κ1) is 32.1. The molecule has 7 nitrogen and oxygen atoms in total. The maximum absolute atomic E-state index is 14.5. The smallest absolute Gasteiger partial charge is 0.252 e. The van der Waals surface area contributed by atoms with Gasteiger partial charge in [0.15, 0.2) is 17.4 Å². The lowest BCUT2D eigenvalue weighted by Gasteiger charge is -2.45. The Labute approximate surface area is 270 Å².